The maximum atomic E-state index is 12.7. The number of nitrogens with zero attached hydrogens (tertiary/aromatic N) is 1. The maximum Gasteiger partial charge on any atom is 0.362 e. The van der Waals surface area contributed by atoms with Crippen molar-refractivity contribution in [3.05, 3.63) is 60.8 Å². The van der Waals surface area contributed by atoms with Gasteiger partial charge in [0.05, 0.1) is 34.4 Å². The molecular weight excluding hydrogens is 787 g/mol. The second kappa shape index (κ2) is 45.6. The van der Waals surface area contributed by atoms with Crippen LogP contribution in [0.25, 0.3) is 0 Å². The molecule has 63 heavy (non-hydrogen) atoms. The number of quaternary nitrogens is 1. The van der Waals surface area contributed by atoms with Crippen LogP contribution in [0.4, 0.5) is 0 Å². The zero-order valence-electron chi connectivity index (χ0n) is 41.5. The molecule has 0 aliphatic rings. The minimum Gasteiger partial charge on any atom is -0.477 e. The molecule has 0 radical (unpaired) electrons. The summed E-state index contributed by atoms with van der Waals surface area (Å²) >= 11 is 0. The lowest BCUT2D eigenvalue weighted by molar-refractivity contribution is -0.887. The first-order chi connectivity index (χ1) is 30.6. The second-order valence-electron chi connectivity index (χ2n) is 18.4. The van der Waals surface area contributed by atoms with E-state index in [-0.39, 0.29) is 42.7 Å². The van der Waals surface area contributed by atoms with Crippen molar-refractivity contribution >= 4 is 17.9 Å². The van der Waals surface area contributed by atoms with Gasteiger partial charge in [0.15, 0.2) is 12.1 Å². The van der Waals surface area contributed by atoms with Gasteiger partial charge in [0.2, 0.25) is 0 Å². The number of rotatable bonds is 46. The van der Waals surface area contributed by atoms with Gasteiger partial charge in [0.25, 0.3) is 0 Å². The molecular formula is C55H98NO7+. The average molecular weight is 885 g/mol. The first kappa shape index (κ1) is 60.0. The van der Waals surface area contributed by atoms with E-state index in [1.807, 2.05) is 33.3 Å². The molecule has 0 aliphatic heterocycles. The Kier molecular flexibility index (Phi) is 43.4. The molecule has 8 nitrogen and oxygen atoms in total. The van der Waals surface area contributed by atoms with Gasteiger partial charge in [-0.25, -0.2) is 4.79 Å². The average Bonchev–Trinajstić information content (AvgIpc) is 3.24. The molecule has 0 amide bonds. The number of hydrogen-bond donors (Lipinski definition) is 1. The highest BCUT2D eigenvalue weighted by Crippen LogP contribution is 2.16. The number of hydrogen-bond acceptors (Lipinski definition) is 6. The van der Waals surface area contributed by atoms with Crippen molar-refractivity contribution in [3.63, 3.8) is 0 Å². The summed E-state index contributed by atoms with van der Waals surface area (Å²) in [6.07, 6.45) is 57.3. The van der Waals surface area contributed by atoms with Crippen LogP contribution >= 0.6 is 0 Å². The number of carbonyl (C=O) groups is 3. The molecule has 0 aromatic carbocycles. The van der Waals surface area contributed by atoms with Crippen LogP contribution in [-0.2, 0) is 28.6 Å². The van der Waals surface area contributed by atoms with Crippen molar-refractivity contribution in [1.29, 1.82) is 0 Å². The van der Waals surface area contributed by atoms with E-state index in [0.29, 0.717) is 19.3 Å². The number of allylic oxidation sites excluding steroid dienone is 10. The number of likely N-dealkylation sites (N-methyl/N-ethyl adjacent to an activating group) is 1. The lowest BCUT2D eigenvalue weighted by atomic mass is 10.0. The Balaban J connectivity index is 4.25. The fourth-order valence-corrected chi connectivity index (χ4v) is 7.50. The lowest BCUT2D eigenvalue weighted by Crippen LogP contribution is -2.50. The standard InChI is InChI=1S/C55H97NO7/c1-6-8-10-12-14-16-18-20-22-24-25-26-27-28-29-30-32-33-35-37-39-41-43-45-53(57)62-50-51(49-61-48-47-52(55(59)60)56(3,4)5)63-54(58)46-44-42-40-38-36-34-31-23-21-19-17-15-13-11-9-7-2/h9,11,15,17,21,23,34,36,40,42,51-52H,6-8,10,12-14,16,18-20,22,24-33,35,37-39,41,43-50H2,1-5H3/p+1/b11-9+,17-15+,23-21+,36-34+,42-40+. The van der Waals surface area contributed by atoms with Gasteiger partial charge in [-0.05, 0) is 44.9 Å². The molecule has 0 saturated carbocycles. The smallest absolute Gasteiger partial charge is 0.362 e. The number of aliphatic carboxylic acids is 1. The van der Waals surface area contributed by atoms with Gasteiger partial charge in [-0.15, -0.1) is 0 Å². The van der Waals surface area contributed by atoms with Crippen LogP contribution in [0.2, 0.25) is 0 Å². The number of ether oxygens (including phenoxy) is 3. The largest absolute Gasteiger partial charge is 0.477 e. The van der Waals surface area contributed by atoms with Gasteiger partial charge in [-0.2, -0.15) is 0 Å². The third-order valence-electron chi connectivity index (χ3n) is 11.4. The Hall–Kier alpha value is -2.97. The third kappa shape index (κ3) is 44.0. The normalized spacial score (nSPS) is 13.3. The van der Waals surface area contributed by atoms with Gasteiger partial charge in [0, 0.05) is 19.3 Å². The summed E-state index contributed by atoms with van der Waals surface area (Å²) < 4.78 is 17.3. The monoisotopic (exact) mass is 885 g/mol. The molecule has 364 valence electrons. The highest BCUT2D eigenvalue weighted by molar-refractivity contribution is 5.72. The second-order valence-corrected chi connectivity index (χ2v) is 18.4. The summed E-state index contributed by atoms with van der Waals surface area (Å²) in [6, 6.07) is -0.629. The van der Waals surface area contributed by atoms with Crippen LogP contribution in [0.5, 0.6) is 0 Å². The molecule has 8 heteroatoms. The zero-order valence-corrected chi connectivity index (χ0v) is 41.5. The van der Waals surface area contributed by atoms with E-state index >= 15 is 0 Å². The van der Waals surface area contributed by atoms with Crippen molar-refractivity contribution in [3.8, 4) is 0 Å². The summed E-state index contributed by atoms with van der Waals surface area (Å²) in [7, 11) is 5.51. The van der Waals surface area contributed by atoms with E-state index in [0.717, 1.165) is 51.4 Å². The molecule has 2 unspecified atom stereocenters. The number of carboxylic acid groups (broad SMARTS) is 1. The highest BCUT2D eigenvalue weighted by Gasteiger charge is 2.31. The number of carboxylic acids is 1. The summed E-state index contributed by atoms with van der Waals surface area (Å²) in [6.45, 7) is 4.57. The van der Waals surface area contributed by atoms with Gasteiger partial charge >= 0.3 is 17.9 Å². The molecule has 0 aliphatic carbocycles. The van der Waals surface area contributed by atoms with Gasteiger partial charge < -0.3 is 23.8 Å². The minimum absolute atomic E-state index is 0.0314. The van der Waals surface area contributed by atoms with Gasteiger partial charge in [-0.3, -0.25) is 9.59 Å². The molecule has 0 aromatic heterocycles. The van der Waals surface area contributed by atoms with Crippen LogP contribution in [0.3, 0.4) is 0 Å². The fraction of sp³-hybridized carbons (Fsp3) is 0.764. The van der Waals surface area contributed by atoms with Crippen LogP contribution in [0.15, 0.2) is 60.8 Å². The Morgan fingerprint density at radius 1 is 0.492 bits per heavy atom. The quantitative estimate of drug-likeness (QED) is 0.0281. The Morgan fingerprint density at radius 3 is 1.29 bits per heavy atom. The Morgan fingerprint density at radius 2 is 0.889 bits per heavy atom. The van der Waals surface area contributed by atoms with Crippen molar-refractivity contribution in [1.82, 2.24) is 0 Å². The molecule has 0 spiro atoms. The van der Waals surface area contributed by atoms with Crippen LogP contribution in [0.1, 0.15) is 219 Å². The molecule has 0 rings (SSSR count). The van der Waals surface area contributed by atoms with Crippen molar-refractivity contribution in [2.24, 2.45) is 0 Å². The van der Waals surface area contributed by atoms with Crippen LogP contribution < -0.4 is 0 Å². The highest BCUT2D eigenvalue weighted by atomic mass is 16.6. The number of unbranched alkanes of at least 4 members (excludes halogenated alkanes) is 22. The fourth-order valence-electron chi connectivity index (χ4n) is 7.50. The van der Waals surface area contributed by atoms with Crippen LogP contribution in [0, 0.1) is 0 Å². The van der Waals surface area contributed by atoms with Gasteiger partial charge in [0.1, 0.15) is 6.61 Å². The van der Waals surface area contributed by atoms with E-state index < -0.39 is 18.1 Å². The number of carbonyl (C=O) groups excluding carboxylic acids is 2. The van der Waals surface area contributed by atoms with E-state index in [1.165, 1.54) is 128 Å². The predicted molar refractivity (Wildman–Crippen MR) is 266 cm³/mol. The van der Waals surface area contributed by atoms with E-state index in [4.69, 9.17) is 14.2 Å². The molecule has 0 bridgehead atoms. The first-order valence-corrected chi connectivity index (χ1v) is 25.8. The Bertz CT molecular complexity index is 1210. The van der Waals surface area contributed by atoms with E-state index in [2.05, 4.69) is 62.5 Å². The van der Waals surface area contributed by atoms with E-state index in [1.54, 1.807) is 0 Å². The maximum absolute atomic E-state index is 12.7. The number of esters is 2. The van der Waals surface area contributed by atoms with Crippen molar-refractivity contribution < 1.29 is 38.2 Å². The Labute approximate surface area is 388 Å². The predicted octanol–water partition coefficient (Wildman–Crippen LogP) is 14.9. The summed E-state index contributed by atoms with van der Waals surface area (Å²) in [5, 5.41) is 9.64. The minimum atomic E-state index is -0.886. The topological polar surface area (TPSA) is 99.1 Å². The summed E-state index contributed by atoms with van der Waals surface area (Å²) in [5.41, 5.74) is 0. The summed E-state index contributed by atoms with van der Waals surface area (Å²) in [5.74, 6) is -1.57. The lowest BCUT2D eigenvalue weighted by Gasteiger charge is -2.31. The molecule has 0 heterocycles. The summed E-state index contributed by atoms with van der Waals surface area (Å²) in [4.78, 5) is 37.1. The van der Waals surface area contributed by atoms with E-state index in [9.17, 15) is 19.5 Å². The molecule has 0 saturated heterocycles. The first-order valence-electron chi connectivity index (χ1n) is 25.8. The third-order valence-corrected chi connectivity index (χ3v) is 11.4. The zero-order chi connectivity index (χ0) is 46.3. The van der Waals surface area contributed by atoms with Crippen molar-refractivity contribution in [2.45, 2.75) is 231 Å². The molecule has 0 fully saturated rings. The van der Waals surface area contributed by atoms with Crippen molar-refractivity contribution in [2.75, 3.05) is 41.0 Å². The van der Waals surface area contributed by atoms with Gasteiger partial charge in [-0.1, -0.05) is 216 Å². The molecule has 2 atom stereocenters. The molecule has 0 aromatic rings. The van der Waals surface area contributed by atoms with Crippen LogP contribution in [-0.4, -0.2) is 80.6 Å². The molecule has 1 N–H and O–H groups in total. The SMILES string of the molecule is CC/C=C/C/C=C/C/C=C/C/C=C/C/C=C/CCC(=O)OC(COCCC(C(=O)O)[N+](C)(C)C)COC(=O)CCCCCCCCCCCCCCCCCCCCCCCCC.